The van der Waals surface area contributed by atoms with Gasteiger partial charge in [-0.15, -0.1) is 0 Å². The summed E-state index contributed by atoms with van der Waals surface area (Å²) in [6.45, 7) is 10.00. The summed E-state index contributed by atoms with van der Waals surface area (Å²) in [5.41, 5.74) is 5.75. The quantitative estimate of drug-likeness (QED) is 0.756. The van der Waals surface area contributed by atoms with Gasteiger partial charge in [0.1, 0.15) is 12.1 Å². The fourth-order valence-electron chi connectivity index (χ4n) is 1.74. The third kappa shape index (κ3) is 6.38. The molecular weight excluding hydrogens is 240 g/mol. The molecule has 19 heavy (non-hydrogen) atoms. The smallest absolute Gasteiger partial charge is 0.218 e. The number of hydrogen-bond acceptors (Lipinski definition) is 5. The highest BCUT2D eigenvalue weighted by Crippen LogP contribution is 2.23. The van der Waals surface area contributed by atoms with Gasteiger partial charge in [0.05, 0.1) is 6.10 Å². The van der Waals surface area contributed by atoms with Crippen LogP contribution in [-0.2, 0) is 0 Å². The monoisotopic (exact) mass is 266 g/mol. The zero-order valence-corrected chi connectivity index (χ0v) is 12.4. The molecule has 0 spiro atoms. The summed E-state index contributed by atoms with van der Waals surface area (Å²) in [6, 6.07) is 1.83. The predicted octanol–water partition coefficient (Wildman–Crippen LogP) is 2.44. The first-order valence-corrected chi connectivity index (χ1v) is 6.85. The maximum Gasteiger partial charge on any atom is 0.218 e. The van der Waals surface area contributed by atoms with Gasteiger partial charge in [0.25, 0.3) is 0 Å². The number of rotatable bonds is 8. The lowest BCUT2D eigenvalue weighted by Gasteiger charge is -2.25. The van der Waals surface area contributed by atoms with Gasteiger partial charge in [-0.05, 0) is 38.6 Å². The summed E-state index contributed by atoms with van der Waals surface area (Å²) in [4.78, 5) is 8.29. The van der Waals surface area contributed by atoms with E-state index in [1.165, 1.54) is 6.33 Å². The molecular formula is C14H26N4O. The standard InChI is InChI=1S/C14H26N4O/c1-11(2)19-13-8-12(17-10-18-13)16-9-14(3,4)6-5-7-15/h8,10-11H,5-7,9,15H2,1-4H3,(H,16,17,18). The van der Waals surface area contributed by atoms with Crippen LogP contribution in [0.25, 0.3) is 0 Å². The summed E-state index contributed by atoms with van der Waals surface area (Å²) in [7, 11) is 0. The molecule has 0 aliphatic rings. The van der Waals surface area contributed by atoms with E-state index in [2.05, 4.69) is 29.1 Å². The average molecular weight is 266 g/mol. The molecule has 0 bridgehead atoms. The lowest BCUT2D eigenvalue weighted by Crippen LogP contribution is -2.24. The van der Waals surface area contributed by atoms with E-state index >= 15 is 0 Å². The molecule has 0 aliphatic carbocycles. The van der Waals surface area contributed by atoms with Crippen LogP contribution in [0.3, 0.4) is 0 Å². The van der Waals surface area contributed by atoms with Gasteiger partial charge in [0.15, 0.2) is 0 Å². The number of hydrogen-bond donors (Lipinski definition) is 2. The van der Waals surface area contributed by atoms with E-state index in [1.54, 1.807) is 0 Å². The third-order valence-electron chi connectivity index (χ3n) is 2.80. The zero-order chi connectivity index (χ0) is 14.3. The molecule has 0 saturated carbocycles. The molecule has 0 aliphatic heterocycles. The highest BCUT2D eigenvalue weighted by molar-refractivity contribution is 5.37. The van der Waals surface area contributed by atoms with Crippen LogP contribution in [0.4, 0.5) is 5.82 Å². The zero-order valence-electron chi connectivity index (χ0n) is 12.4. The highest BCUT2D eigenvalue weighted by Gasteiger charge is 2.17. The molecule has 5 heteroatoms. The van der Waals surface area contributed by atoms with Crippen LogP contribution in [0.1, 0.15) is 40.5 Å². The number of nitrogens with zero attached hydrogens (tertiary/aromatic N) is 2. The fraction of sp³-hybridized carbons (Fsp3) is 0.714. The van der Waals surface area contributed by atoms with E-state index in [0.717, 1.165) is 31.7 Å². The molecule has 108 valence electrons. The van der Waals surface area contributed by atoms with Crippen molar-refractivity contribution in [3.05, 3.63) is 12.4 Å². The molecule has 5 nitrogen and oxygen atoms in total. The molecule has 1 aromatic rings. The first kappa shape index (κ1) is 15.7. The Bertz CT molecular complexity index is 379. The normalized spacial score (nSPS) is 11.7. The van der Waals surface area contributed by atoms with Gasteiger partial charge in [0, 0.05) is 12.6 Å². The molecule has 0 saturated heterocycles. The maximum absolute atomic E-state index is 5.55. The minimum absolute atomic E-state index is 0.115. The largest absolute Gasteiger partial charge is 0.475 e. The molecule has 1 aromatic heterocycles. The second kappa shape index (κ2) is 7.28. The maximum atomic E-state index is 5.55. The summed E-state index contributed by atoms with van der Waals surface area (Å²) < 4.78 is 5.54. The van der Waals surface area contributed by atoms with Crippen molar-refractivity contribution in [1.82, 2.24) is 9.97 Å². The summed E-state index contributed by atoms with van der Waals surface area (Å²) >= 11 is 0. The number of nitrogens with one attached hydrogen (secondary N) is 1. The topological polar surface area (TPSA) is 73.1 Å². The van der Waals surface area contributed by atoms with E-state index in [1.807, 2.05) is 19.9 Å². The second-order valence-corrected chi connectivity index (χ2v) is 5.82. The molecule has 0 amide bonds. The Hall–Kier alpha value is -1.36. The van der Waals surface area contributed by atoms with E-state index in [0.29, 0.717) is 5.88 Å². The van der Waals surface area contributed by atoms with Crippen LogP contribution in [-0.4, -0.2) is 29.2 Å². The van der Waals surface area contributed by atoms with Gasteiger partial charge in [-0.1, -0.05) is 13.8 Å². The van der Waals surface area contributed by atoms with E-state index in [-0.39, 0.29) is 11.5 Å². The Morgan fingerprint density at radius 3 is 2.74 bits per heavy atom. The highest BCUT2D eigenvalue weighted by atomic mass is 16.5. The van der Waals surface area contributed by atoms with E-state index in [4.69, 9.17) is 10.5 Å². The van der Waals surface area contributed by atoms with Crippen molar-refractivity contribution in [2.45, 2.75) is 46.6 Å². The van der Waals surface area contributed by atoms with Crippen LogP contribution >= 0.6 is 0 Å². The molecule has 1 rings (SSSR count). The third-order valence-corrected chi connectivity index (χ3v) is 2.80. The predicted molar refractivity (Wildman–Crippen MR) is 78.4 cm³/mol. The van der Waals surface area contributed by atoms with Crippen molar-refractivity contribution in [3.63, 3.8) is 0 Å². The number of anilines is 1. The van der Waals surface area contributed by atoms with Crippen molar-refractivity contribution in [2.24, 2.45) is 11.1 Å². The number of nitrogens with two attached hydrogens (primary N) is 1. The van der Waals surface area contributed by atoms with Crippen molar-refractivity contribution in [3.8, 4) is 5.88 Å². The Morgan fingerprint density at radius 1 is 1.37 bits per heavy atom. The van der Waals surface area contributed by atoms with Crippen LogP contribution < -0.4 is 15.8 Å². The van der Waals surface area contributed by atoms with Gasteiger partial charge in [0.2, 0.25) is 5.88 Å². The number of aromatic nitrogens is 2. The first-order chi connectivity index (χ1) is 8.93. The van der Waals surface area contributed by atoms with Gasteiger partial charge < -0.3 is 15.8 Å². The molecule has 0 radical (unpaired) electrons. The molecule has 1 heterocycles. The Balaban J connectivity index is 2.52. The summed E-state index contributed by atoms with van der Waals surface area (Å²) in [5, 5.41) is 3.34. The van der Waals surface area contributed by atoms with Crippen LogP contribution in [0.2, 0.25) is 0 Å². The Morgan fingerprint density at radius 2 is 2.11 bits per heavy atom. The van der Waals surface area contributed by atoms with Crippen molar-refractivity contribution in [2.75, 3.05) is 18.4 Å². The van der Waals surface area contributed by atoms with Gasteiger partial charge in [-0.3, -0.25) is 0 Å². The van der Waals surface area contributed by atoms with Gasteiger partial charge in [-0.25, -0.2) is 9.97 Å². The van der Waals surface area contributed by atoms with Crippen LogP contribution in [0.15, 0.2) is 12.4 Å². The van der Waals surface area contributed by atoms with Crippen LogP contribution in [0.5, 0.6) is 5.88 Å². The van der Waals surface area contributed by atoms with Crippen molar-refractivity contribution in [1.29, 1.82) is 0 Å². The first-order valence-electron chi connectivity index (χ1n) is 6.85. The lowest BCUT2D eigenvalue weighted by molar-refractivity contribution is 0.232. The Labute approximate surface area is 116 Å². The van der Waals surface area contributed by atoms with E-state index in [9.17, 15) is 0 Å². The van der Waals surface area contributed by atoms with Crippen LogP contribution in [0, 0.1) is 5.41 Å². The van der Waals surface area contributed by atoms with Gasteiger partial charge >= 0.3 is 0 Å². The minimum atomic E-state index is 0.115. The average Bonchev–Trinajstić information content (AvgIpc) is 2.34. The Kier molecular flexibility index (Phi) is 6.02. The molecule has 0 unspecified atom stereocenters. The SMILES string of the molecule is CC(C)Oc1cc(NCC(C)(C)CCCN)ncn1. The van der Waals surface area contributed by atoms with Crippen molar-refractivity contribution < 1.29 is 4.74 Å². The molecule has 0 aromatic carbocycles. The van der Waals surface area contributed by atoms with E-state index < -0.39 is 0 Å². The molecule has 0 atom stereocenters. The van der Waals surface area contributed by atoms with Gasteiger partial charge in [-0.2, -0.15) is 0 Å². The lowest BCUT2D eigenvalue weighted by atomic mass is 9.88. The fourth-order valence-corrected chi connectivity index (χ4v) is 1.74. The van der Waals surface area contributed by atoms with Crippen molar-refractivity contribution >= 4 is 5.82 Å². The second-order valence-electron chi connectivity index (χ2n) is 5.82. The summed E-state index contributed by atoms with van der Waals surface area (Å²) in [6.07, 6.45) is 3.77. The summed E-state index contributed by atoms with van der Waals surface area (Å²) in [5.74, 6) is 1.40. The minimum Gasteiger partial charge on any atom is -0.475 e. The molecule has 3 N–H and O–H groups in total. The molecule has 0 fully saturated rings. The number of ether oxygens (including phenoxy) is 1.